The van der Waals surface area contributed by atoms with Gasteiger partial charge in [0.05, 0.1) is 11.0 Å². The Balaban J connectivity index is 1.86. The van der Waals surface area contributed by atoms with Gasteiger partial charge in [-0.1, -0.05) is 0 Å². The number of aromatic nitrogens is 6. The van der Waals surface area contributed by atoms with Crippen LogP contribution in [0, 0.1) is 0 Å². The van der Waals surface area contributed by atoms with E-state index in [-0.39, 0.29) is 0 Å². The fourth-order valence-electron chi connectivity index (χ4n) is 2.82. The normalized spacial score (nSPS) is 12.8. The number of aryl methyl sites for hydroxylation is 1. The molecule has 4 aromatic rings. The predicted octanol–water partition coefficient (Wildman–Crippen LogP) is 2.20. The molecule has 0 saturated carbocycles. The van der Waals surface area contributed by atoms with Gasteiger partial charge in [0.25, 0.3) is 0 Å². The molecule has 3 aromatic heterocycles. The minimum Gasteiger partial charge on any atom is -0.385 e. The molecule has 2 N–H and O–H groups in total. The largest absolute Gasteiger partial charge is 0.385 e. The highest BCUT2D eigenvalue weighted by atomic mass is 16.3. The van der Waals surface area contributed by atoms with Crippen LogP contribution < -0.4 is 0 Å². The van der Waals surface area contributed by atoms with Gasteiger partial charge in [0.15, 0.2) is 5.82 Å². The van der Waals surface area contributed by atoms with Crippen LogP contribution in [0.15, 0.2) is 42.9 Å². The van der Waals surface area contributed by atoms with Crippen molar-refractivity contribution in [3.8, 4) is 17.2 Å². The van der Waals surface area contributed by atoms with Gasteiger partial charge < -0.3 is 9.67 Å². The number of H-pyrrole nitrogens is 1. The molecule has 0 spiro atoms. The molecular weight excluding hydrogens is 292 g/mol. The topological polar surface area (TPSA) is 84.6 Å². The Bertz CT molecular complexity index is 964. The van der Waals surface area contributed by atoms with E-state index in [1.165, 1.54) is 0 Å². The Hall–Kier alpha value is -2.93. The number of nitrogens with zero attached hydrogens (tertiary/aromatic N) is 5. The zero-order chi connectivity index (χ0) is 16.0. The van der Waals surface area contributed by atoms with Crippen LogP contribution in [-0.4, -0.2) is 34.4 Å². The number of fused-ring (bicyclic) bond motifs is 1. The lowest BCUT2D eigenvalue weighted by Gasteiger charge is -2.07. The fraction of sp³-hybridized carbons (Fsp3) is 0.188. The van der Waals surface area contributed by atoms with Crippen molar-refractivity contribution >= 4 is 11.0 Å². The summed E-state index contributed by atoms with van der Waals surface area (Å²) >= 11 is 0. The van der Waals surface area contributed by atoms with E-state index in [1.54, 1.807) is 19.3 Å². The van der Waals surface area contributed by atoms with Crippen molar-refractivity contribution in [3.63, 3.8) is 0 Å². The van der Waals surface area contributed by atoms with E-state index in [0.717, 1.165) is 28.2 Å². The highest BCUT2D eigenvalue weighted by Gasteiger charge is 2.14. The molecule has 3 heterocycles. The van der Waals surface area contributed by atoms with E-state index in [2.05, 4.69) is 20.2 Å². The van der Waals surface area contributed by atoms with Crippen molar-refractivity contribution in [2.24, 2.45) is 7.05 Å². The summed E-state index contributed by atoms with van der Waals surface area (Å²) in [5.41, 5.74) is 3.62. The third-order valence-electron chi connectivity index (χ3n) is 3.93. The van der Waals surface area contributed by atoms with Crippen molar-refractivity contribution < 1.29 is 5.11 Å². The van der Waals surface area contributed by atoms with Gasteiger partial charge in [-0.25, -0.2) is 9.97 Å². The molecular formula is C16H16N6O. The smallest absolute Gasteiger partial charge is 0.162 e. The minimum absolute atomic E-state index is 0.607. The third-order valence-corrected chi connectivity index (χ3v) is 3.93. The van der Waals surface area contributed by atoms with E-state index >= 15 is 0 Å². The van der Waals surface area contributed by atoms with E-state index in [1.807, 2.05) is 46.6 Å². The van der Waals surface area contributed by atoms with E-state index < -0.39 is 6.10 Å². The lowest BCUT2D eigenvalue weighted by Crippen LogP contribution is -2.01. The maximum absolute atomic E-state index is 9.82. The Labute approximate surface area is 132 Å². The lowest BCUT2D eigenvalue weighted by molar-refractivity contribution is 0.186. The van der Waals surface area contributed by atoms with Crippen LogP contribution in [0.3, 0.4) is 0 Å². The van der Waals surface area contributed by atoms with E-state index in [4.69, 9.17) is 0 Å². The van der Waals surface area contributed by atoms with Crippen LogP contribution in [0.2, 0.25) is 0 Å². The Kier molecular flexibility index (Phi) is 3.02. The second-order valence-electron chi connectivity index (χ2n) is 5.47. The average molecular weight is 308 g/mol. The maximum Gasteiger partial charge on any atom is 0.162 e. The molecule has 116 valence electrons. The van der Waals surface area contributed by atoms with Gasteiger partial charge >= 0.3 is 0 Å². The second-order valence-corrected chi connectivity index (χ2v) is 5.47. The van der Waals surface area contributed by atoms with Crippen molar-refractivity contribution in [3.05, 3.63) is 48.7 Å². The molecule has 1 aromatic carbocycles. The first-order chi connectivity index (χ1) is 11.1. The molecule has 7 nitrogen and oxygen atoms in total. The van der Waals surface area contributed by atoms with E-state index in [9.17, 15) is 5.11 Å². The zero-order valence-corrected chi connectivity index (χ0v) is 12.8. The summed E-state index contributed by atoms with van der Waals surface area (Å²) in [7, 11) is 1.91. The predicted molar refractivity (Wildman–Crippen MR) is 86.1 cm³/mol. The maximum atomic E-state index is 9.82. The van der Waals surface area contributed by atoms with Gasteiger partial charge in [-0.05, 0) is 31.2 Å². The Morgan fingerprint density at radius 1 is 1.22 bits per heavy atom. The molecule has 23 heavy (non-hydrogen) atoms. The van der Waals surface area contributed by atoms with Crippen molar-refractivity contribution in [2.75, 3.05) is 0 Å². The third kappa shape index (κ3) is 2.13. The number of imidazole rings is 2. The number of aromatic amines is 1. The molecule has 4 rings (SSSR count). The molecule has 0 fully saturated rings. The van der Waals surface area contributed by atoms with Gasteiger partial charge in [-0.2, -0.15) is 5.10 Å². The molecule has 0 aliphatic carbocycles. The first-order valence-corrected chi connectivity index (χ1v) is 7.33. The summed E-state index contributed by atoms with van der Waals surface area (Å²) in [6.45, 7) is 1.72. The number of benzene rings is 1. The van der Waals surface area contributed by atoms with Crippen LogP contribution in [0.25, 0.3) is 28.2 Å². The van der Waals surface area contributed by atoms with Crippen LogP contribution >= 0.6 is 0 Å². The van der Waals surface area contributed by atoms with Crippen molar-refractivity contribution in [1.29, 1.82) is 0 Å². The summed E-state index contributed by atoms with van der Waals surface area (Å²) in [4.78, 5) is 8.93. The highest BCUT2D eigenvalue weighted by molar-refractivity contribution is 5.79. The number of nitrogens with one attached hydrogen (secondary N) is 1. The van der Waals surface area contributed by atoms with Gasteiger partial charge in [0, 0.05) is 31.3 Å². The number of aliphatic hydroxyl groups excluding tert-OH is 1. The van der Waals surface area contributed by atoms with Crippen LogP contribution in [0.1, 0.15) is 18.9 Å². The standard InChI is InChI=1S/C16H16N6O/c1-10(23)15-19-13-9-11(3-4-14(13)21(15)2)22-8-7-17-16(22)12-5-6-18-20-12/h3-10,23H,1-2H3,(H,18,20). The molecule has 1 atom stereocenters. The van der Waals surface area contributed by atoms with Crippen LogP contribution in [0.4, 0.5) is 0 Å². The summed E-state index contributed by atoms with van der Waals surface area (Å²) in [5.74, 6) is 1.44. The van der Waals surface area contributed by atoms with Gasteiger partial charge in [0.2, 0.25) is 0 Å². The van der Waals surface area contributed by atoms with Crippen molar-refractivity contribution in [1.82, 2.24) is 29.3 Å². The fourth-order valence-corrected chi connectivity index (χ4v) is 2.82. The monoisotopic (exact) mass is 308 g/mol. The Morgan fingerprint density at radius 3 is 2.83 bits per heavy atom. The van der Waals surface area contributed by atoms with Crippen LogP contribution in [0.5, 0.6) is 0 Å². The SMILES string of the molecule is CC(O)c1nc2cc(-n3ccnc3-c3ccn[nH]3)ccc2n1C. The minimum atomic E-state index is -0.607. The molecule has 7 heteroatoms. The Morgan fingerprint density at radius 2 is 2.09 bits per heavy atom. The summed E-state index contributed by atoms with van der Waals surface area (Å²) in [5, 5.41) is 16.7. The molecule has 0 aliphatic heterocycles. The first kappa shape index (κ1) is 13.7. The van der Waals surface area contributed by atoms with Gasteiger partial charge in [-0.3, -0.25) is 9.67 Å². The number of rotatable bonds is 3. The molecule has 0 aliphatic rings. The molecule has 0 radical (unpaired) electrons. The number of hydrogen-bond acceptors (Lipinski definition) is 4. The number of hydrogen-bond donors (Lipinski definition) is 2. The van der Waals surface area contributed by atoms with Gasteiger partial charge in [0.1, 0.15) is 17.6 Å². The van der Waals surface area contributed by atoms with Gasteiger partial charge in [-0.15, -0.1) is 0 Å². The van der Waals surface area contributed by atoms with Crippen LogP contribution in [-0.2, 0) is 7.05 Å². The molecule has 0 bridgehead atoms. The molecule has 1 unspecified atom stereocenters. The molecule has 0 saturated heterocycles. The quantitative estimate of drug-likeness (QED) is 0.607. The number of aliphatic hydroxyl groups is 1. The van der Waals surface area contributed by atoms with Crippen molar-refractivity contribution in [2.45, 2.75) is 13.0 Å². The highest BCUT2D eigenvalue weighted by Crippen LogP contribution is 2.24. The summed E-state index contributed by atoms with van der Waals surface area (Å²) in [6, 6.07) is 7.88. The molecule has 0 amide bonds. The first-order valence-electron chi connectivity index (χ1n) is 7.33. The summed E-state index contributed by atoms with van der Waals surface area (Å²) < 4.78 is 3.89. The lowest BCUT2D eigenvalue weighted by atomic mass is 10.2. The average Bonchev–Trinajstić information content (AvgIpc) is 3.26. The summed E-state index contributed by atoms with van der Waals surface area (Å²) in [6.07, 6.45) is 4.74. The zero-order valence-electron chi connectivity index (χ0n) is 12.8. The van der Waals surface area contributed by atoms with E-state index in [0.29, 0.717) is 5.82 Å². The second kappa shape index (κ2) is 5.06.